The summed E-state index contributed by atoms with van der Waals surface area (Å²) < 4.78 is 26.3. The minimum Gasteiger partial charge on any atom is -1.00 e. The van der Waals surface area contributed by atoms with Gasteiger partial charge in [-0.3, -0.25) is 24.0 Å². The Balaban J connectivity index is 0.000000201. The molecule has 10 aromatic carbocycles. The van der Waals surface area contributed by atoms with Crippen LogP contribution in [0.15, 0.2) is 267 Å². The Morgan fingerprint density at radius 3 is 1.25 bits per heavy atom. The topological polar surface area (TPSA) is 219 Å². The second-order valence-corrected chi connectivity index (χ2v) is 27.1. The molecular formula is C86H81ClF2N8O7. The predicted molar refractivity (Wildman–Crippen MR) is 402 cm³/mol. The largest absolute Gasteiger partial charge is 1.00 e. The molecule has 0 fully saturated rings. The number of carboxylic acids is 1. The number of carbonyl (C=O) groups is 6. The fraction of sp³-hybridized carbons (Fsp3) is 0.163. The van der Waals surface area contributed by atoms with Gasteiger partial charge in [-0.15, -0.1) is 0 Å². The van der Waals surface area contributed by atoms with Crippen LogP contribution < -0.4 is 34.1 Å². The van der Waals surface area contributed by atoms with Crippen molar-refractivity contribution in [3.63, 3.8) is 0 Å². The zero-order valence-corrected chi connectivity index (χ0v) is 59.8. The molecule has 528 valence electrons. The Bertz CT molecular complexity index is 5020. The first-order valence-corrected chi connectivity index (χ1v) is 33.6. The minimum absolute atomic E-state index is 0. The van der Waals surface area contributed by atoms with E-state index in [1.807, 2.05) is 109 Å². The maximum atomic E-state index is 13.7. The first-order chi connectivity index (χ1) is 49.3. The summed E-state index contributed by atoms with van der Waals surface area (Å²) in [5.41, 5.74) is 16.0. The summed E-state index contributed by atoms with van der Waals surface area (Å²) in [6.07, 6.45) is 0. The summed E-state index contributed by atoms with van der Waals surface area (Å²) in [6.45, 7) is 13.7. The third kappa shape index (κ3) is 19.7. The molecule has 0 radical (unpaired) electrons. The van der Waals surface area contributed by atoms with E-state index in [1.54, 1.807) is 122 Å². The molecule has 7 N–H and O–H groups in total. The van der Waals surface area contributed by atoms with Crippen LogP contribution in [0.1, 0.15) is 128 Å². The Morgan fingerprint density at radius 1 is 0.442 bits per heavy atom. The van der Waals surface area contributed by atoms with Gasteiger partial charge < -0.3 is 49.0 Å². The lowest BCUT2D eigenvalue weighted by molar-refractivity contribution is -0.411. The maximum Gasteiger partial charge on any atom is 0.335 e. The number of nitrogens with zero attached hydrogens (tertiary/aromatic N) is 4. The lowest BCUT2D eigenvalue weighted by atomic mass is 9.86. The number of anilines is 2. The van der Waals surface area contributed by atoms with Crippen molar-refractivity contribution < 1.29 is 60.8 Å². The Labute approximate surface area is 610 Å². The highest BCUT2D eigenvalue weighted by atomic mass is 35.5. The Morgan fingerprint density at radius 2 is 0.827 bits per heavy atom. The summed E-state index contributed by atoms with van der Waals surface area (Å²) in [6, 6.07) is 77.4. The molecule has 1 unspecified atom stereocenters. The molecule has 0 saturated heterocycles. The van der Waals surface area contributed by atoms with Gasteiger partial charge in [0.25, 0.3) is 23.6 Å². The van der Waals surface area contributed by atoms with Crippen molar-refractivity contribution in [3.8, 4) is 22.3 Å². The molecule has 0 bridgehead atoms. The first-order valence-electron chi connectivity index (χ1n) is 33.6. The molecular weight excluding hydrogens is 1330 g/mol. The van der Waals surface area contributed by atoms with Gasteiger partial charge in [-0.05, 0) is 158 Å². The third-order valence-corrected chi connectivity index (χ3v) is 17.4. The van der Waals surface area contributed by atoms with E-state index >= 15 is 0 Å². The van der Waals surface area contributed by atoms with Gasteiger partial charge in [0.2, 0.25) is 5.91 Å². The van der Waals surface area contributed by atoms with Gasteiger partial charge in [0.1, 0.15) is 29.3 Å². The van der Waals surface area contributed by atoms with Gasteiger partial charge >= 0.3 is 5.97 Å². The molecule has 2 aromatic heterocycles. The predicted octanol–water partition coefficient (Wildman–Crippen LogP) is 13.6. The summed E-state index contributed by atoms with van der Waals surface area (Å²) in [5, 5.41) is 19.2. The highest BCUT2D eigenvalue weighted by Gasteiger charge is 2.28. The molecule has 0 aliphatic rings. The van der Waals surface area contributed by atoms with Crippen molar-refractivity contribution in [1.82, 2.24) is 25.1 Å². The molecule has 5 amide bonds. The molecule has 104 heavy (non-hydrogen) atoms. The number of carbonyl (C=O) groups excluding carboxylic acids is 5. The first kappa shape index (κ1) is 76.1. The Kier molecular flexibility index (Phi) is 24.9. The standard InChI is InChI=1S/C43H39FN4O3.C27H24N2O3.C16H17FN2O.ClH/c1-43(2,3)33-20-16-29(17-21-33)35-12-8-9-13-36(35)41(50)46-38-25-19-31-26-32(18-24-37(31)45-38)40(49)47-39(30-10-6-5-7-11-30)42(51)48(4)27-28-14-22-34(44)23-15-28;1-27(2,3)20-12-8-17(9-13-20)21-6-4-5-7-22(21)25(30)29-24-15-11-18-16-19(26(31)32)10-14-23(18)28-24;1-19(11-12-7-9-14(17)10-8-12)16(20)15(18)13-5-3-2-4-6-13;/h5-26,39H,27H2,1-4H3,(H,47,49)(H,45,46,50);4-16H,1-3H3,(H,31,32)(H,28,29,30);2-10,15H,11,18H2,1H3;1H/t39-;;;/m0.../s1. The van der Waals surface area contributed by atoms with Gasteiger partial charge in [-0.25, -0.2) is 23.5 Å². The van der Waals surface area contributed by atoms with Crippen molar-refractivity contribution in [2.24, 2.45) is 0 Å². The highest BCUT2D eigenvalue weighted by molar-refractivity contribution is 6.10. The van der Waals surface area contributed by atoms with E-state index in [-0.39, 0.29) is 70.6 Å². The highest BCUT2D eigenvalue weighted by Crippen LogP contribution is 2.32. The van der Waals surface area contributed by atoms with Crippen LogP contribution in [-0.2, 0) is 33.5 Å². The molecule has 15 nitrogen and oxygen atoms in total. The molecule has 0 aliphatic heterocycles. The fourth-order valence-electron chi connectivity index (χ4n) is 11.5. The zero-order valence-electron chi connectivity index (χ0n) is 59.0. The van der Waals surface area contributed by atoms with Crippen molar-refractivity contribution in [2.75, 3.05) is 24.7 Å². The lowest BCUT2D eigenvalue weighted by Gasteiger charge is -2.25. The van der Waals surface area contributed by atoms with Crippen LogP contribution in [0, 0.1) is 11.6 Å². The van der Waals surface area contributed by atoms with Crippen LogP contribution in [0.5, 0.6) is 0 Å². The van der Waals surface area contributed by atoms with Gasteiger partial charge in [0.15, 0.2) is 6.04 Å². The van der Waals surface area contributed by atoms with Crippen molar-refractivity contribution >= 4 is 68.9 Å². The number of carboxylic acid groups (broad SMARTS) is 1. The molecule has 2 heterocycles. The fourth-order valence-corrected chi connectivity index (χ4v) is 11.5. The number of aromatic carboxylic acids is 1. The normalized spacial score (nSPS) is 11.6. The van der Waals surface area contributed by atoms with E-state index < -0.39 is 24.0 Å². The number of aromatic nitrogens is 2. The van der Waals surface area contributed by atoms with Gasteiger partial charge in [-0.1, -0.05) is 211 Å². The average Bonchev–Trinajstić information content (AvgIpc) is 0.811. The number of pyridine rings is 2. The van der Waals surface area contributed by atoms with Gasteiger partial charge in [0.05, 0.1) is 16.6 Å². The molecule has 2 atom stereocenters. The van der Waals surface area contributed by atoms with Gasteiger partial charge in [0, 0.05) is 60.2 Å². The van der Waals surface area contributed by atoms with Gasteiger partial charge in [-0.2, -0.15) is 0 Å². The van der Waals surface area contributed by atoms with E-state index in [0.29, 0.717) is 62.2 Å². The number of hydrogen-bond acceptors (Lipinski definition) is 8. The van der Waals surface area contributed by atoms with Crippen LogP contribution in [0.4, 0.5) is 20.4 Å². The van der Waals surface area contributed by atoms with Crippen LogP contribution in [0.25, 0.3) is 44.1 Å². The molecule has 18 heteroatoms. The van der Waals surface area contributed by atoms with E-state index in [4.69, 9.17) is 5.11 Å². The molecule has 0 saturated carbocycles. The summed E-state index contributed by atoms with van der Waals surface area (Å²) in [5.74, 6) is -2.18. The number of benzene rings is 10. The van der Waals surface area contributed by atoms with Crippen molar-refractivity contribution in [2.45, 2.75) is 77.5 Å². The molecule has 0 aliphatic carbocycles. The maximum absolute atomic E-state index is 13.7. The summed E-state index contributed by atoms with van der Waals surface area (Å²) in [4.78, 5) is 89.5. The number of nitrogens with one attached hydrogen (secondary N) is 3. The zero-order chi connectivity index (χ0) is 73.5. The summed E-state index contributed by atoms with van der Waals surface area (Å²) in [7, 11) is 3.38. The van der Waals surface area contributed by atoms with E-state index in [1.165, 1.54) is 46.4 Å². The molecule has 12 rings (SSSR count). The number of likely N-dealkylation sites (N-methyl/N-ethyl adjacent to an activating group) is 2. The number of halogens is 3. The van der Waals surface area contributed by atoms with E-state index in [2.05, 4.69) is 97.5 Å². The van der Waals surface area contributed by atoms with E-state index in [9.17, 15) is 37.5 Å². The lowest BCUT2D eigenvalue weighted by Crippen LogP contribution is -3.00. The van der Waals surface area contributed by atoms with Crippen molar-refractivity contribution in [3.05, 3.63) is 334 Å². The number of rotatable bonds is 17. The number of quaternary nitrogens is 1. The van der Waals surface area contributed by atoms with Crippen LogP contribution in [-0.4, -0.2) is 74.5 Å². The van der Waals surface area contributed by atoms with Crippen LogP contribution in [0.3, 0.4) is 0 Å². The van der Waals surface area contributed by atoms with E-state index in [0.717, 1.165) is 38.9 Å². The average molecular weight is 1410 g/mol. The van der Waals surface area contributed by atoms with Crippen molar-refractivity contribution in [1.29, 1.82) is 0 Å². The third-order valence-electron chi connectivity index (χ3n) is 17.4. The second kappa shape index (κ2) is 34.1. The summed E-state index contributed by atoms with van der Waals surface area (Å²) >= 11 is 0. The number of amides is 5. The number of hydrogen-bond donors (Lipinski definition) is 5. The Hall–Kier alpha value is -12.1. The quantitative estimate of drug-likeness (QED) is 0.0585. The second-order valence-electron chi connectivity index (χ2n) is 27.1. The molecule has 0 spiro atoms. The minimum atomic E-state index is -0.989. The smallest absolute Gasteiger partial charge is 0.335 e. The molecule has 12 aromatic rings. The van der Waals surface area contributed by atoms with Crippen LogP contribution in [0.2, 0.25) is 0 Å². The number of fused-ring (bicyclic) bond motifs is 2. The van der Waals surface area contributed by atoms with Crippen LogP contribution >= 0.6 is 0 Å². The SMILES string of the molecule is CC(C)(C)c1ccc(-c2ccccc2C(=O)Nc2ccc3cc(C(=O)O)ccc3n2)cc1.CN(Cc1ccc(F)cc1)C(=O)C([NH3+])c1ccccc1.CN(Cc1ccc(F)cc1)C(=O)[C@@H](NC(=O)c1ccc2nc(NC(=O)c3ccccc3-c3ccc(C(C)(C)C)cc3)ccc2c1)c1ccccc1.[Cl-]. The monoisotopic (exact) mass is 1410 g/mol.